The van der Waals surface area contributed by atoms with E-state index in [-0.39, 0.29) is 0 Å². The second kappa shape index (κ2) is 2.91. The third-order valence-electron chi connectivity index (χ3n) is 1.48. The van der Waals surface area contributed by atoms with Crippen LogP contribution in [0.4, 0.5) is 0 Å². The molecule has 0 bridgehead atoms. The monoisotopic (exact) mass is 216 g/mol. The standard InChI is InChI=1S/C8H12SeSi/c1-10(2,9)8-6-4-3-5-7-8/h3-7,9H,1-2H3. The average molecular weight is 215 g/mol. The zero-order valence-corrected chi connectivity index (χ0v) is 9.21. The predicted octanol–water partition coefficient (Wildman–Crippen LogP) is 0.999. The maximum absolute atomic E-state index is 2.82. The molecular weight excluding hydrogens is 203 g/mol. The van der Waals surface area contributed by atoms with Crippen LogP contribution in [0.25, 0.3) is 0 Å². The minimum atomic E-state index is -1.10. The van der Waals surface area contributed by atoms with Gasteiger partial charge in [-0.05, 0) is 0 Å². The molecule has 2 heteroatoms. The van der Waals surface area contributed by atoms with Gasteiger partial charge in [-0.1, -0.05) is 0 Å². The Balaban J connectivity index is 2.97. The van der Waals surface area contributed by atoms with Gasteiger partial charge >= 0.3 is 70.7 Å². The summed E-state index contributed by atoms with van der Waals surface area (Å²) in [5.41, 5.74) is 0. The Morgan fingerprint density at radius 2 is 1.60 bits per heavy atom. The Morgan fingerprint density at radius 3 is 1.90 bits per heavy atom. The molecule has 0 atom stereocenters. The van der Waals surface area contributed by atoms with Crippen LogP contribution < -0.4 is 5.19 Å². The molecule has 0 spiro atoms. The Bertz CT molecular complexity index is 200. The van der Waals surface area contributed by atoms with Gasteiger partial charge in [-0.2, -0.15) is 0 Å². The Morgan fingerprint density at radius 1 is 1.10 bits per heavy atom. The number of rotatable bonds is 1. The van der Waals surface area contributed by atoms with E-state index in [0.29, 0.717) is 0 Å². The van der Waals surface area contributed by atoms with Crippen molar-refractivity contribution in [3.8, 4) is 0 Å². The summed E-state index contributed by atoms with van der Waals surface area (Å²) in [5.74, 6) is 0. The molecule has 0 aliphatic heterocycles. The summed E-state index contributed by atoms with van der Waals surface area (Å²) < 4.78 is 0. The molecule has 0 nitrogen and oxygen atoms in total. The molecule has 10 heavy (non-hydrogen) atoms. The molecule has 1 rings (SSSR count). The summed E-state index contributed by atoms with van der Waals surface area (Å²) >= 11 is 2.82. The minimum absolute atomic E-state index is 1.10. The fourth-order valence-corrected chi connectivity index (χ4v) is 2.79. The van der Waals surface area contributed by atoms with E-state index in [9.17, 15) is 0 Å². The fourth-order valence-electron chi connectivity index (χ4n) is 0.846. The van der Waals surface area contributed by atoms with Crippen LogP contribution in [0, 0.1) is 0 Å². The Hall–Kier alpha value is -0.0436. The Labute approximate surface area is 70.9 Å². The number of benzene rings is 1. The van der Waals surface area contributed by atoms with Gasteiger partial charge in [0.25, 0.3) is 0 Å². The van der Waals surface area contributed by atoms with Crippen LogP contribution in [0.15, 0.2) is 30.3 Å². The molecule has 0 unspecified atom stereocenters. The SMILES string of the molecule is C[Si](C)([SeH])c1ccccc1. The molecule has 0 saturated heterocycles. The summed E-state index contributed by atoms with van der Waals surface area (Å²) in [6, 6.07) is 10.7. The van der Waals surface area contributed by atoms with Crippen molar-refractivity contribution in [1.29, 1.82) is 0 Å². The summed E-state index contributed by atoms with van der Waals surface area (Å²) in [4.78, 5) is 0. The van der Waals surface area contributed by atoms with Crippen LogP contribution in [0.2, 0.25) is 13.1 Å². The van der Waals surface area contributed by atoms with Gasteiger partial charge in [0.1, 0.15) is 0 Å². The van der Waals surface area contributed by atoms with E-state index < -0.39 is 6.68 Å². The first kappa shape index (κ1) is 8.06. The summed E-state index contributed by atoms with van der Waals surface area (Å²) in [5, 5.41) is 1.51. The molecule has 0 N–H and O–H groups in total. The summed E-state index contributed by atoms with van der Waals surface area (Å²) in [6.45, 7) is 3.58. The van der Waals surface area contributed by atoms with E-state index in [0.717, 1.165) is 0 Å². The predicted molar refractivity (Wildman–Crippen MR) is 50.7 cm³/mol. The molecule has 0 aromatic heterocycles. The van der Waals surface area contributed by atoms with Gasteiger partial charge in [0, 0.05) is 0 Å². The summed E-state index contributed by atoms with van der Waals surface area (Å²) in [7, 11) is 0. The Kier molecular flexibility index (Phi) is 2.35. The van der Waals surface area contributed by atoms with Crippen molar-refractivity contribution in [2.45, 2.75) is 13.1 Å². The zero-order valence-electron chi connectivity index (χ0n) is 6.33. The molecule has 0 radical (unpaired) electrons. The van der Waals surface area contributed by atoms with E-state index in [1.54, 1.807) is 0 Å². The van der Waals surface area contributed by atoms with Crippen LogP contribution in [0.3, 0.4) is 0 Å². The quantitative estimate of drug-likeness (QED) is 0.613. The van der Waals surface area contributed by atoms with E-state index >= 15 is 0 Å². The molecule has 0 aliphatic rings. The van der Waals surface area contributed by atoms with Crippen molar-refractivity contribution in [3.05, 3.63) is 30.3 Å². The van der Waals surface area contributed by atoms with Gasteiger partial charge in [0.2, 0.25) is 0 Å². The first-order valence-electron chi connectivity index (χ1n) is 3.38. The van der Waals surface area contributed by atoms with E-state index in [1.165, 1.54) is 5.19 Å². The first-order chi connectivity index (χ1) is 4.61. The second-order valence-corrected chi connectivity index (χ2v) is 13.7. The van der Waals surface area contributed by atoms with Gasteiger partial charge in [0.15, 0.2) is 0 Å². The topological polar surface area (TPSA) is 0 Å². The summed E-state index contributed by atoms with van der Waals surface area (Å²) in [6.07, 6.45) is 0. The first-order valence-corrected chi connectivity index (χ1v) is 9.15. The molecule has 54 valence electrons. The normalized spacial score (nSPS) is 11.5. The number of hydrogen-bond acceptors (Lipinski definition) is 0. The third-order valence-corrected chi connectivity index (χ3v) is 4.85. The van der Waals surface area contributed by atoms with Gasteiger partial charge < -0.3 is 0 Å². The van der Waals surface area contributed by atoms with E-state index in [2.05, 4.69) is 58.8 Å². The molecule has 0 heterocycles. The number of hydrogen-bond donors (Lipinski definition) is 0. The third kappa shape index (κ3) is 1.98. The van der Waals surface area contributed by atoms with Crippen molar-refractivity contribution in [3.63, 3.8) is 0 Å². The van der Waals surface area contributed by atoms with Crippen molar-refractivity contribution in [2.75, 3.05) is 0 Å². The molecule has 1 aromatic rings. The molecule has 0 aliphatic carbocycles. The average Bonchev–Trinajstić information content (AvgIpc) is 1.88. The fraction of sp³-hybridized carbons (Fsp3) is 0.250. The second-order valence-electron chi connectivity index (χ2n) is 2.93. The zero-order chi connectivity index (χ0) is 7.61. The van der Waals surface area contributed by atoms with Gasteiger partial charge in [-0.3, -0.25) is 0 Å². The molecular formula is C8H12SeSi. The molecule has 1 aromatic carbocycles. The van der Waals surface area contributed by atoms with Crippen molar-refractivity contribution >= 4 is 27.2 Å². The molecule has 0 fully saturated rings. The van der Waals surface area contributed by atoms with Crippen LogP contribution in [-0.2, 0) is 0 Å². The van der Waals surface area contributed by atoms with Crippen molar-refractivity contribution in [2.24, 2.45) is 0 Å². The van der Waals surface area contributed by atoms with Crippen molar-refractivity contribution < 1.29 is 0 Å². The molecule has 0 amide bonds. The maximum atomic E-state index is 2.82. The van der Waals surface area contributed by atoms with Crippen LogP contribution >= 0.6 is 0 Å². The van der Waals surface area contributed by atoms with Crippen LogP contribution in [0.5, 0.6) is 0 Å². The van der Waals surface area contributed by atoms with E-state index in [1.807, 2.05) is 0 Å². The van der Waals surface area contributed by atoms with Crippen molar-refractivity contribution in [1.82, 2.24) is 0 Å². The van der Waals surface area contributed by atoms with E-state index in [4.69, 9.17) is 0 Å². The van der Waals surface area contributed by atoms with Gasteiger partial charge in [0.05, 0.1) is 0 Å². The molecule has 0 saturated carbocycles. The van der Waals surface area contributed by atoms with Crippen LogP contribution in [0.1, 0.15) is 0 Å². The van der Waals surface area contributed by atoms with Gasteiger partial charge in [-0.25, -0.2) is 0 Å². The van der Waals surface area contributed by atoms with Gasteiger partial charge in [-0.15, -0.1) is 0 Å². The van der Waals surface area contributed by atoms with Crippen LogP contribution in [-0.4, -0.2) is 22.1 Å².